The van der Waals surface area contributed by atoms with Crippen molar-refractivity contribution in [3.8, 4) is 11.6 Å². The van der Waals surface area contributed by atoms with Crippen LogP contribution in [0.3, 0.4) is 0 Å². The molecule has 0 radical (unpaired) electrons. The molecule has 1 N–H and O–H groups in total. The standard InChI is InChI=1S/C21H17F3N4O5S/c1-2-28-18-15(9-6-10-25-18)20(29)27-17-13(12-32-14-7-4-3-5-8-14)11-16(26-19(17)28)33-34(30,31)21(22,23)24/h3-11H,2,12H2,1H3,(H,27,29). The minimum Gasteiger partial charge on any atom is -0.489 e. The van der Waals surface area contributed by atoms with E-state index in [9.17, 15) is 26.4 Å². The van der Waals surface area contributed by atoms with Gasteiger partial charge in [0.2, 0.25) is 5.88 Å². The molecule has 3 aromatic rings. The van der Waals surface area contributed by atoms with Gasteiger partial charge in [0.05, 0.1) is 11.3 Å². The molecule has 0 bridgehead atoms. The molecule has 3 heterocycles. The van der Waals surface area contributed by atoms with Crippen LogP contribution in [0.4, 0.5) is 30.5 Å². The first-order valence-corrected chi connectivity index (χ1v) is 11.3. The number of carbonyl (C=O) groups excluding carboxylic acids is 1. The fourth-order valence-electron chi connectivity index (χ4n) is 3.25. The average Bonchev–Trinajstić information content (AvgIpc) is 2.91. The number of halogens is 3. The topological polar surface area (TPSA) is 111 Å². The van der Waals surface area contributed by atoms with E-state index in [1.165, 1.54) is 17.2 Å². The molecular weight excluding hydrogens is 477 g/mol. The maximum absolute atomic E-state index is 12.9. The van der Waals surface area contributed by atoms with Crippen molar-refractivity contribution in [1.29, 1.82) is 0 Å². The number of amides is 1. The number of fused-ring (bicyclic) bond motifs is 2. The van der Waals surface area contributed by atoms with Crippen LogP contribution >= 0.6 is 0 Å². The summed E-state index contributed by atoms with van der Waals surface area (Å²) in [6.07, 6.45) is 1.44. The van der Waals surface area contributed by atoms with Gasteiger partial charge in [-0.15, -0.1) is 0 Å². The minimum absolute atomic E-state index is 0.0464. The lowest BCUT2D eigenvalue weighted by molar-refractivity contribution is -0.0501. The van der Waals surface area contributed by atoms with E-state index in [0.29, 0.717) is 5.75 Å². The fraction of sp³-hybridized carbons (Fsp3) is 0.190. The summed E-state index contributed by atoms with van der Waals surface area (Å²) in [7, 11) is -5.99. The molecule has 1 aromatic carbocycles. The van der Waals surface area contributed by atoms with Gasteiger partial charge < -0.3 is 19.1 Å². The number of benzene rings is 1. The maximum Gasteiger partial charge on any atom is 0.534 e. The number of hydrogen-bond acceptors (Lipinski definition) is 8. The Morgan fingerprint density at radius 2 is 1.82 bits per heavy atom. The predicted octanol–water partition coefficient (Wildman–Crippen LogP) is 4.01. The second-order valence-electron chi connectivity index (χ2n) is 6.98. The van der Waals surface area contributed by atoms with Gasteiger partial charge >= 0.3 is 15.6 Å². The van der Waals surface area contributed by atoms with E-state index in [0.717, 1.165) is 6.07 Å². The van der Waals surface area contributed by atoms with Crippen molar-refractivity contribution in [3.05, 3.63) is 65.9 Å². The number of nitrogens with zero attached hydrogens (tertiary/aromatic N) is 3. The second-order valence-corrected chi connectivity index (χ2v) is 8.51. The summed E-state index contributed by atoms with van der Waals surface area (Å²) in [5.41, 5.74) is -5.20. The zero-order valence-corrected chi connectivity index (χ0v) is 18.4. The van der Waals surface area contributed by atoms with Crippen LogP contribution in [-0.4, -0.2) is 36.3 Å². The quantitative estimate of drug-likeness (QED) is 0.404. The number of hydrogen-bond donors (Lipinski definition) is 1. The Hall–Kier alpha value is -3.87. The number of pyridine rings is 2. The average molecular weight is 494 g/mol. The van der Waals surface area contributed by atoms with Crippen LogP contribution in [0.1, 0.15) is 22.8 Å². The SMILES string of the molecule is CCN1c2ncccc2C(=O)Nc2c(COc3ccccc3)cc(OS(=O)(=O)C(F)(F)F)nc21. The third kappa shape index (κ3) is 4.46. The number of alkyl halides is 3. The third-order valence-corrected chi connectivity index (χ3v) is 5.73. The lowest BCUT2D eigenvalue weighted by Gasteiger charge is -2.23. The van der Waals surface area contributed by atoms with Crippen LogP contribution in [-0.2, 0) is 16.7 Å². The maximum atomic E-state index is 12.9. The van der Waals surface area contributed by atoms with E-state index in [-0.39, 0.29) is 41.6 Å². The summed E-state index contributed by atoms with van der Waals surface area (Å²) in [6.45, 7) is 1.67. The number of para-hydroxylation sites is 1. The third-order valence-electron chi connectivity index (χ3n) is 4.77. The molecule has 34 heavy (non-hydrogen) atoms. The summed E-state index contributed by atoms with van der Waals surface area (Å²) >= 11 is 0. The largest absolute Gasteiger partial charge is 0.534 e. The first-order chi connectivity index (χ1) is 16.1. The van der Waals surface area contributed by atoms with Crippen LogP contribution in [0.5, 0.6) is 11.6 Å². The predicted molar refractivity (Wildman–Crippen MR) is 115 cm³/mol. The van der Waals surface area contributed by atoms with Crippen LogP contribution in [0, 0.1) is 0 Å². The number of anilines is 3. The summed E-state index contributed by atoms with van der Waals surface area (Å²) in [5, 5.41) is 2.68. The van der Waals surface area contributed by atoms with Crippen LogP contribution < -0.4 is 19.1 Å². The van der Waals surface area contributed by atoms with E-state index in [1.807, 2.05) is 0 Å². The lowest BCUT2D eigenvalue weighted by Crippen LogP contribution is -2.29. The first kappa shape index (κ1) is 23.3. The van der Waals surface area contributed by atoms with E-state index in [4.69, 9.17) is 4.74 Å². The van der Waals surface area contributed by atoms with Crippen molar-refractivity contribution < 1.29 is 35.3 Å². The molecule has 0 fully saturated rings. The summed E-state index contributed by atoms with van der Waals surface area (Å²) < 4.78 is 72.1. The monoisotopic (exact) mass is 494 g/mol. The van der Waals surface area contributed by atoms with Crippen LogP contribution in [0.25, 0.3) is 0 Å². The highest BCUT2D eigenvalue weighted by molar-refractivity contribution is 7.87. The molecule has 2 aromatic heterocycles. The highest BCUT2D eigenvalue weighted by Crippen LogP contribution is 2.40. The van der Waals surface area contributed by atoms with E-state index in [2.05, 4.69) is 19.5 Å². The second kappa shape index (κ2) is 8.82. The van der Waals surface area contributed by atoms with E-state index < -0.39 is 27.4 Å². The van der Waals surface area contributed by atoms with Gasteiger partial charge in [-0.1, -0.05) is 18.2 Å². The molecule has 1 aliphatic heterocycles. The summed E-state index contributed by atoms with van der Waals surface area (Å²) in [5.74, 6) is -0.778. The summed E-state index contributed by atoms with van der Waals surface area (Å²) in [4.78, 5) is 22.5. The highest BCUT2D eigenvalue weighted by atomic mass is 32.2. The molecule has 0 aliphatic carbocycles. The van der Waals surface area contributed by atoms with Gasteiger partial charge in [-0.25, -0.2) is 4.98 Å². The molecular formula is C21H17F3N4O5S. The molecule has 0 unspecified atom stereocenters. The van der Waals surface area contributed by atoms with Crippen molar-refractivity contribution in [1.82, 2.24) is 9.97 Å². The highest BCUT2D eigenvalue weighted by Gasteiger charge is 2.49. The molecule has 0 saturated heterocycles. The normalized spacial score (nSPS) is 13.4. The molecule has 1 amide bonds. The van der Waals surface area contributed by atoms with Gasteiger partial charge in [0, 0.05) is 24.4 Å². The number of rotatable bonds is 6. The van der Waals surface area contributed by atoms with E-state index >= 15 is 0 Å². The lowest BCUT2D eigenvalue weighted by atomic mass is 10.2. The number of nitrogens with one attached hydrogen (secondary N) is 1. The van der Waals surface area contributed by atoms with Gasteiger partial charge in [-0.05, 0) is 31.2 Å². The number of ether oxygens (including phenoxy) is 1. The van der Waals surface area contributed by atoms with Crippen LogP contribution in [0.2, 0.25) is 0 Å². The van der Waals surface area contributed by atoms with Crippen LogP contribution in [0.15, 0.2) is 54.7 Å². The van der Waals surface area contributed by atoms with Crippen molar-refractivity contribution in [2.45, 2.75) is 19.0 Å². The number of aromatic nitrogens is 2. The molecule has 13 heteroatoms. The molecule has 0 saturated carbocycles. The van der Waals surface area contributed by atoms with Gasteiger partial charge in [-0.2, -0.15) is 26.6 Å². The van der Waals surface area contributed by atoms with Gasteiger partial charge in [0.25, 0.3) is 5.91 Å². The minimum atomic E-state index is -5.99. The Morgan fingerprint density at radius 3 is 2.50 bits per heavy atom. The van der Waals surface area contributed by atoms with Gasteiger partial charge in [0.1, 0.15) is 18.2 Å². The molecule has 1 aliphatic rings. The van der Waals surface area contributed by atoms with Crippen molar-refractivity contribution in [2.24, 2.45) is 0 Å². The van der Waals surface area contributed by atoms with E-state index in [1.54, 1.807) is 43.3 Å². The number of carbonyl (C=O) groups is 1. The van der Waals surface area contributed by atoms with Crippen molar-refractivity contribution in [2.75, 3.05) is 16.8 Å². The fourth-order valence-corrected chi connectivity index (χ4v) is 3.66. The zero-order valence-electron chi connectivity index (χ0n) is 17.5. The molecule has 0 spiro atoms. The molecule has 9 nitrogen and oxygen atoms in total. The van der Waals surface area contributed by atoms with Gasteiger partial charge in [-0.3, -0.25) is 4.79 Å². The summed E-state index contributed by atoms with van der Waals surface area (Å²) in [6, 6.07) is 12.6. The Balaban J connectivity index is 1.85. The smallest absolute Gasteiger partial charge is 0.489 e. The van der Waals surface area contributed by atoms with Crippen molar-refractivity contribution >= 4 is 33.3 Å². The Kier molecular flexibility index (Phi) is 6.04. The zero-order chi connectivity index (χ0) is 24.5. The Bertz CT molecular complexity index is 1330. The Labute approximate surface area is 192 Å². The molecule has 4 rings (SSSR count). The first-order valence-electron chi connectivity index (χ1n) is 9.87. The molecule has 178 valence electrons. The Morgan fingerprint density at radius 1 is 1.09 bits per heavy atom. The van der Waals surface area contributed by atoms with Gasteiger partial charge in [0.15, 0.2) is 5.82 Å². The van der Waals surface area contributed by atoms with Crippen molar-refractivity contribution in [3.63, 3.8) is 0 Å². The molecule has 0 atom stereocenters.